The lowest BCUT2D eigenvalue weighted by Gasteiger charge is -2.21. The van der Waals surface area contributed by atoms with E-state index in [-0.39, 0.29) is 6.04 Å². The zero-order chi connectivity index (χ0) is 14.5. The van der Waals surface area contributed by atoms with Crippen LogP contribution in [0.5, 0.6) is 5.75 Å². The molecular weight excluding hydrogens is 254 g/mol. The van der Waals surface area contributed by atoms with Gasteiger partial charge in [-0.15, -0.1) is 0 Å². The molecule has 1 aliphatic heterocycles. The number of carboxylic acid groups (broad SMARTS) is 1. The molecule has 4 heteroatoms. The van der Waals surface area contributed by atoms with Crippen molar-refractivity contribution in [1.82, 2.24) is 4.90 Å². The van der Waals surface area contributed by atoms with Gasteiger partial charge >= 0.3 is 5.97 Å². The zero-order valence-corrected chi connectivity index (χ0v) is 12.2. The molecule has 0 bridgehead atoms. The summed E-state index contributed by atoms with van der Waals surface area (Å²) in [5.74, 6) is 0.675. The van der Waals surface area contributed by atoms with Crippen LogP contribution in [0.1, 0.15) is 32.3 Å². The molecule has 4 nitrogen and oxygen atoms in total. The number of ether oxygens (including phenoxy) is 1. The van der Waals surface area contributed by atoms with Crippen LogP contribution in [0.15, 0.2) is 24.3 Å². The van der Waals surface area contributed by atoms with Gasteiger partial charge in [-0.05, 0) is 43.0 Å². The van der Waals surface area contributed by atoms with Gasteiger partial charge in [-0.3, -0.25) is 9.69 Å². The number of carbonyl (C=O) groups is 1. The lowest BCUT2D eigenvalue weighted by molar-refractivity contribution is -0.142. The highest BCUT2D eigenvalue weighted by Gasteiger charge is 2.30. The van der Waals surface area contributed by atoms with Crippen molar-refractivity contribution in [3.05, 3.63) is 29.8 Å². The third kappa shape index (κ3) is 3.97. The van der Waals surface area contributed by atoms with Crippen molar-refractivity contribution in [1.29, 1.82) is 0 Å². The average molecular weight is 277 g/mol. The molecular formula is C16H23NO3. The lowest BCUT2D eigenvalue weighted by Crippen LogP contribution is -2.35. The summed E-state index contributed by atoms with van der Waals surface area (Å²) in [6.07, 6.45) is 1.72. The first-order valence-electron chi connectivity index (χ1n) is 7.25. The van der Waals surface area contributed by atoms with E-state index in [1.165, 1.54) is 0 Å². The molecule has 20 heavy (non-hydrogen) atoms. The molecule has 1 aliphatic rings. The van der Waals surface area contributed by atoms with Gasteiger partial charge in [0, 0.05) is 6.54 Å². The second kappa shape index (κ2) is 6.75. The first-order chi connectivity index (χ1) is 9.56. The van der Waals surface area contributed by atoms with Crippen LogP contribution in [-0.4, -0.2) is 35.2 Å². The van der Waals surface area contributed by atoms with Crippen molar-refractivity contribution in [3.8, 4) is 5.75 Å². The number of benzene rings is 1. The summed E-state index contributed by atoms with van der Waals surface area (Å²) < 4.78 is 5.64. The molecule has 1 N–H and O–H groups in total. The molecule has 0 unspecified atom stereocenters. The number of hydrogen-bond acceptors (Lipinski definition) is 3. The third-order valence-corrected chi connectivity index (χ3v) is 3.54. The maximum Gasteiger partial charge on any atom is 0.320 e. The Kier molecular flexibility index (Phi) is 5.01. The highest BCUT2D eigenvalue weighted by molar-refractivity contribution is 5.73. The Morgan fingerprint density at radius 2 is 2.10 bits per heavy atom. The van der Waals surface area contributed by atoms with Crippen LogP contribution < -0.4 is 4.74 Å². The van der Waals surface area contributed by atoms with E-state index in [1.54, 1.807) is 0 Å². The van der Waals surface area contributed by atoms with E-state index >= 15 is 0 Å². The quantitative estimate of drug-likeness (QED) is 0.868. The normalized spacial score (nSPS) is 19.4. The fourth-order valence-electron chi connectivity index (χ4n) is 2.48. The van der Waals surface area contributed by atoms with E-state index in [1.807, 2.05) is 29.2 Å². The predicted octanol–water partition coefficient (Wildman–Crippen LogP) is 2.77. The summed E-state index contributed by atoms with van der Waals surface area (Å²) in [6.45, 7) is 6.51. The maximum absolute atomic E-state index is 11.1. The van der Waals surface area contributed by atoms with Crippen LogP contribution in [0, 0.1) is 5.92 Å². The van der Waals surface area contributed by atoms with Gasteiger partial charge in [0.2, 0.25) is 0 Å². The summed E-state index contributed by atoms with van der Waals surface area (Å²) in [5.41, 5.74) is 1.13. The molecule has 1 saturated heterocycles. The number of aliphatic carboxylic acids is 1. The molecule has 1 aromatic rings. The minimum atomic E-state index is -0.709. The third-order valence-electron chi connectivity index (χ3n) is 3.54. The molecule has 2 rings (SSSR count). The highest BCUT2D eigenvalue weighted by atomic mass is 16.5. The van der Waals surface area contributed by atoms with Gasteiger partial charge in [-0.25, -0.2) is 0 Å². The van der Waals surface area contributed by atoms with Gasteiger partial charge in [0.15, 0.2) is 0 Å². The summed E-state index contributed by atoms with van der Waals surface area (Å²) in [6, 6.07) is 7.64. The summed E-state index contributed by atoms with van der Waals surface area (Å²) >= 11 is 0. The molecule has 0 saturated carbocycles. The van der Waals surface area contributed by atoms with Gasteiger partial charge in [-0.2, -0.15) is 0 Å². The van der Waals surface area contributed by atoms with Crippen LogP contribution in [0.4, 0.5) is 0 Å². The Morgan fingerprint density at radius 1 is 1.40 bits per heavy atom. The average Bonchev–Trinajstić information content (AvgIpc) is 2.86. The Morgan fingerprint density at radius 3 is 2.70 bits per heavy atom. The largest absolute Gasteiger partial charge is 0.493 e. The first kappa shape index (κ1) is 14.9. The van der Waals surface area contributed by atoms with Gasteiger partial charge in [-0.1, -0.05) is 26.0 Å². The molecule has 1 heterocycles. The van der Waals surface area contributed by atoms with Crippen LogP contribution in [0.25, 0.3) is 0 Å². The zero-order valence-electron chi connectivity index (χ0n) is 12.2. The van der Waals surface area contributed by atoms with E-state index in [4.69, 9.17) is 9.84 Å². The fraction of sp³-hybridized carbons (Fsp3) is 0.562. The smallest absolute Gasteiger partial charge is 0.320 e. The number of nitrogens with zero attached hydrogens (tertiary/aromatic N) is 1. The molecule has 0 aliphatic carbocycles. The topological polar surface area (TPSA) is 49.8 Å². The van der Waals surface area contributed by atoms with Gasteiger partial charge in [0.1, 0.15) is 11.8 Å². The second-order valence-electron chi connectivity index (χ2n) is 5.82. The molecule has 1 aromatic carbocycles. The summed E-state index contributed by atoms with van der Waals surface area (Å²) in [4.78, 5) is 13.2. The lowest BCUT2D eigenvalue weighted by atomic mass is 10.1. The van der Waals surface area contributed by atoms with Gasteiger partial charge < -0.3 is 9.84 Å². The van der Waals surface area contributed by atoms with E-state index in [2.05, 4.69) is 13.8 Å². The van der Waals surface area contributed by atoms with Gasteiger partial charge in [0.25, 0.3) is 0 Å². The van der Waals surface area contributed by atoms with Crippen molar-refractivity contribution in [2.75, 3.05) is 13.2 Å². The summed E-state index contributed by atoms with van der Waals surface area (Å²) in [5, 5.41) is 9.17. The monoisotopic (exact) mass is 277 g/mol. The van der Waals surface area contributed by atoms with Crippen molar-refractivity contribution >= 4 is 5.97 Å². The second-order valence-corrected chi connectivity index (χ2v) is 5.82. The van der Waals surface area contributed by atoms with E-state index in [9.17, 15) is 4.79 Å². The molecule has 0 amide bonds. The Hall–Kier alpha value is -1.55. The Bertz CT molecular complexity index is 442. The molecule has 1 fully saturated rings. The van der Waals surface area contributed by atoms with Crippen LogP contribution in [0.3, 0.4) is 0 Å². The highest BCUT2D eigenvalue weighted by Crippen LogP contribution is 2.21. The Balaban J connectivity index is 1.91. The first-order valence-corrected chi connectivity index (χ1v) is 7.25. The maximum atomic E-state index is 11.1. The van der Waals surface area contributed by atoms with E-state index < -0.39 is 5.97 Å². The van der Waals surface area contributed by atoms with E-state index in [0.717, 1.165) is 30.7 Å². The molecule has 0 spiro atoms. The van der Waals surface area contributed by atoms with Gasteiger partial charge in [0.05, 0.1) is 6.61 Å². The molecule has 1 atom stereocenters. The number of rotatable bonds is 6. The molecule has 0 radical (unpaired) electrons. The predicted molar refractivity (Wildman–Crippen MR) is 77.8 cm³/mol. The number of carboxylic acids is 1. The Labute approximate surface area is 120 Å². The van der Waals surface area contributed by atoms with E-state index in [0.29, 0.717) is 19.1 Å². The minimum Gasteiger partial charge on any atom is -0.493 e. The van der Waals surface area contributed by atoms with Crippen molar-refractivity contribution in [3.63, 3.8) is 0 Å². The number of likely N-dealkylation sites (tertiary alicyclic amines) is 1. The van der Waals surface area contributed by atoms with Crippen molar-refractivity contribution < 1.29 is 14.6 Å². The SMILES string of the molecule is CC(C)COc1ccc(CN2CCC[C@H]2C(=O)O)cc1. The van der Waals surface area contributed by atoms with Crippen LogP contribution in [0.2, 0.25) is 0 Å². The van der Waals surface area contributed by atoms with Crippen LogP contribution >= 0.6 is 0 Å². The van der Waals surface area contributed by atoms with Crippen LogP contribution in [-0.2, 0) is 11.3 Å². The molecule has 0 aromatic heterocycles. The number of hydrogen-bond donors (Lipinski definition) is 1. The standard InChI is InChI=1S/C16H23NO3/c1-12(2)11-20-14-7-5-13(6-8-14)10-17-9-3-4-15(17)16(18)19/h5-8,12,15H,3-4,9-11H2,1-2H3,(H,18,19)/t15-/m0/s1. The summed E-state index contributed by atoms with van der Waals surface area (Å²) in [7, 11) is 0. The van der Waals surface area contributed by atoms with Crippen molar-refractivity contribution in [2.24, 2.45) is 5.92 Å². The minimum absolute atomic E-state index is 0.327. The molecule has 110 valence electrons. The fourth-order valence-corrected chi connectivity index (χ4v) is 2.48. The van der Waals surface area contributed by atoms with Crippen molar-refractivity contribution in [2.45, 2.75) is 39.3 Å².